The molecule has 164 valence electrons. The Kier molecular flexibility index (Phi) is 7.38. The van der Waals surface area contributed by atoms with Crippen LogP contribution in [0.2, 0.25) is 5.02 Å². The Morgan fingerprint density at radius 3 is 2.43 bits per heavy atom. The van der Waals surface area contributed by atoms with Crippen LogP contribution in [0.25, 0.3) is 0 Å². The maximum Gasteiger partial charge on any atom is 0.416 e. The van der Waals surface area contributed by atoms with Crippen LogP contribution in [-0.2, 0) is 21.0 Å². The third-order valence-corrected chi connectivity index (χ3v) is 5.90. The zero-order chi connectivity index (χ0) is 22.7. The molecular formula is C19H20ClF3N2O4S. The Morgan fingerprint density at radius 1 is 1.20 bits per heavy atom. The van der Waals surface area contributed by atoms with E-state index >= 15 is 0 Å². The van der Waals surface area contributed by atoms with E-state index in [1.54, 1.807) is 13.8 Å². The van der Waals surface area contributed by atoms with Crippen LogP contribution in [-0.4, -0.2) is 27.0 Å². The first kappa shape index (κ1) is 24.0. The van der Waals surface area contributed by atoms with E-state index in [-0.39, 0.29) is 15.6 Å². The number of halogens is 4. The third kappa shape index (κ3) is 5.87. The molecule has 0 radical (unpaired) electrons. The zero-order valence-electron chi connectivity index (χ0n) is 16.3. The summed E-state index contributed by atoms with van der Waals surface area (Å²) in [6, 6.07) is 5.39. The molecule has 0 bridgehead atoms. The molecule has 2 aromatic rings. The molecule has 0 saturated heterocycles. The quantitative estimate of drug-likeness (QED) is 0.637. The van der Waals surface area contributed by atoms with Crippen molar-refractivity contribution in [1.29, 1.82) is 0 Å². The average molecular weight is 465 g/mol. The van der Waals surface area contributed by atoms with Gasteiger partial charge in [0.15, 0.2) is 0 Å². The van der Waals surface area contributed by atoms with Gasteiger partial charge in [0.2, 0.25) is 15.9 Å². The fraction of sp³-hybridized carbons (Fsp3) is 0.316. The van der Waals surface area contributed by atoms with E-state index in [0.29, 0.717) is 24.0 Å². The lowest BCUT2D eigenvalue weighted by Gasteiger charge is -2.17. The topological polar surface area (TPSA) is 84.5 Å². The van der Waals surface area contributed by atoms with Crippen molar-refractivity contribution < 1.29 is 31.1 Å². The SMILES string of the molecule is CCOc1ccc(S(=O)(=O)N[C@H](C)C(=O)Nc2cc(C(F)(F)F)ccc2Cl)cc1C. The van der Waals surface area contributed by atoms with Crippen LogP contribution in [0.5, 0.6) is 5.75 Å². The Morgan fingerprint density at radius 2 is 1.87 bits per heavy atom. The van der Waals surface area contributed by atoms with Crippen LogP contribution in [0.4, 0.5) is 18.9 Å². The highest BCUT2D eigenvalue weighted by atomic mass is 35.5. The minimum atomic E-state index is -4.62. The number of alkyl halides is 3. The number of hydrogen-bond acceptors (Lipinski definition) is 4. The minimum absolute atomic E-state index is 0.0831. The highest BCUT2D eigenvalue weighted by Crippen LogP contribution is 2.33. The molecule has 0 heterocycles. The maximum absolute atomic E-state index is 12.9. The molecule has 0 saturated carbocycles. The van der Waals surface area contributed by atoms with Crippen molar-refractivity contribution in [2.75, 3.05) is 11.9 Å². The molecule has 0 unspecified atom stereocenters. The first-order chi connectivity index (χ1) is 13.8. The van der Waals surface area contributed by atoms with Crippen molar-refractivity contribution in [3.8, 4) is 5.75 Å². The molecule has 2 rings (SSSR count). The summed E-state index contributed by atoms with van der Waals surface area (Å²) in [5.74, 6) is -0.344. The van der Waals surface area contributed by atoms with Crippen molar-refractivity contribution in [1.82, 2.24) is 4.72 Å². The minimum Gasteiger partial charge on any atom is -0.494 e. The number of nitrogens with one attached hydrogen (secondary N) is 2. The summed E-state index contributed by atoms with van der Waals surface area (Å²) in [6.07, 6.45) is -4.62. The molecule has 0 aromatic heterocycles. The number of rotatable bonds is 7. The lowest BCUT2D eigenvalue weighted by Crippen LogP contribution is -2.41. The average Bonchev–Trinajstić information content (AvgIpc) is 2.63. The van der Waals surface area contributed by atoms with Gasteiger partial charge in [-0.05, 0) is 62.7 Å². The van der Waals surface area contributed by atoms with Crippen LogP contribution in [0, 0.1) is 6.92 Å². The number of ether oxygens (including phenoxy) is 1. The van der Waals surface area contributed by atoms with Crippen LogP contribution in [0.3, 0.4) is 0 Å². The Hall–Kier alpha value is -2.30. The highest BCUT2D eigenvalue weighted by molar-refractivity contribution is 7.89. The molecule has 11 heteroatoms. The van der Waals surface area contributed by atoms with Crippen molar-refractivity contribution in [2.45, 2.75) is 37.9 Å². The van der Waals surface area contributed by atoms with Gasteiger partial charge >= 0.3 is 6.18 Å². The molecule has 0 aliphatic heterocycles. The molecule has 0 fully saturated rings. The predicted molar refractivity (Wildman–Crippen MR) is 107 cm³/mol. The number of anilines is 1. The number of benzene rings is 2. The second kappa shape index (κ2) is 9.23. The lowest BCUT2D eigenvalue weighted by atomic mass is 10.2. The zero-order valence-corrected chi connectivity index (χ0v) is 17.9. The van der Waals surface area contributed by atoms with Gasteiger partial charge in [-0.2, -0.15) is 17.9 Å². The molecule has 1 amide bonds. The standard InChI is InChI=1S/C19H20ClF3N2O4S/c1-4-29-17-8-6-14(9-11(17)2)30(27,28)25-12(3)18(26)24-16-10-13(19(21,22)23)5-7-15(16)20/h5-10,12,25H,4H2,1-3H3,(H,24,26)/t12-/m1/s1. The van der Waals surface area contributed by atoms with Gasteiger partial charge in [0.05, 0.1) is 33.8 Å². The lowest BCUT2D eigenvalue weighted by molar-refractivity contribution is -0.137. The molecule has 0 spiro atoms. The number of amides is 1. The molecule has 0 aliphatic carbocycles. The maximum atomic E-state index is 12.9. The van der Waals surface area contributed by atoms with Gasteiger partial charge in [-0.3, -0.25) is 4.79 Å². The van der Waals surface area contributed by atoms with E-state index in [2.05, 4.69) is 10.0 Å². The fourth-order valence-electron chi connectivity index (χ4n) is 2.50. The van der Waals surface area contributed by atoms with Crippen LogP contribution >= 0.6 is 11.6 Å². The van der Waals surface area contributed by atoms with Crippen molar-refractivity contribution >= 4 is 33.2 Å². The van der Waals surface area contributed by atoms with Crippen molar-refractivity contribution in [3.63, 3.8) is 0 Å². The monoisotopic (exact) mass is 464 g/mol. The van der Waals surface area contributed by atoms with E-state index in [4.69, 9.17) is 16.3 Å². The predicted octanol–water partition coefficient (Wildman–Crippen LogP) is 4.37. The number of carbonyl (C=O) groups is 1. The molecule has 30 heavy (non-hydrogen) atoms. The van der Waals surface area contributed by atoms with Crippen LogP contribution in [0.15, 0.2) is 41.3 Å². The Balaban J connectivity index is 2.16. The summed E-state index contributed by atoms with van der Waals surface area (Å²) < 4.78 is 71.3. The smallest absolute Gasteiger partial charge is 0.416 e. The second-order valence-corrected chi connectivity index (χ2v) is 8.51. The summed E-state index contributed by atoms with van der Waals surface area (Å²) in [6.45, 7) is 5.15. The van der Waals surface area contributed by atoms with E-state index in [1.165, 1.54) is 25.1 Å². The van der Waals surface area contributed by atoms with Gasteiger partial charge in [0.1, 0.15) is 5.75 Å². The van der Waals surface area contributed by atoms with E-state index < -0.39 is 33.7 Å². The van der Waals surface area contributed by atoms with Crippen molar-refractivity contribution in [3.05, 3.63) is 52.5 Å². The van der Waals surface area contributed by atoms with Gasteiger partial charge in [0, 0.05) is 0 Å². The highest BCUT2D eigenvalue weighted by Gasteiger charge is 2.31. The van der Waals surface area contributed by atoms with Crippen molar-refractivity contribution in [2.24, 2.45) is 0 Å². The summed E-state index contributed by atoms with van der Waals surface area (Å²) in [4.78, 5) is 12.3. The normalized spacial score (nSPS) is 13.0. The largest absolute Gasteiger partial charge is 0.494 e. The summed E-state index contributed by atoms with van der Waals surface area (Å²) >= 11 is 5.85. The van der Waals surface area contributed by atoms with Crippen LogP contribution in [0.1, 0.15) is 25.0 Å². The van der Waals surface area contributed by atoms with Gasteiger partial charge < -0.3 is 10.1 Å². The molecule has 2 N–H and O–H groups in total. The molecule has 6 nitrogen and oxygen atoms in total. The second-order valence-electron chi connectivity index (χ2n) is 6.38. The molecule has 1 atom stereocenters. The number of carbonyl (C=O) groups excluding carboxylic acids is 1. The van der Waals surface area contributed by atoms with Crippen LogP contribution < -0.4 is 14.8 Å². The summed E-state index contributed by atoms with van der Waals surface area (Å²) in [5.41, 5.74) is -0.688. The van der Waals surface area contributed by atoms with Gasteiger partial charge in [-0.1, -0.05) is 11.6 Å². The number of hydrogen-bond donors (Lipinski definition) is 2. The van der Waals surface area contributed by atoms with E-state index in [1.807, 2.05) is 0 Å². The number of aryl methyl sites for hydroxylation is 1. The molecule has 2 aromatic carbocycles. The fourth-order valence-corrected chi connectivity index (χ4v) is 3.95. The third-order valence-electron chi connectivity index (χ3n) is 4.03. The molecular weight excluding hydrogens is 445 g/mol. The summed E-state index contributed by atoms with van der Waals surface area (Å²) in [7, 11) is -4.07. The number of sulfonamides is 1. The summed E-state index contributed by atoms with van der Waals surface area (Å²) in [5, 5.41) is 2.10. The Bertz CT molecular complexity index is 1040. The first-order valence-electron chi connectivity index (χ1n) is 8.78. The van der Waals surface area contributed by atoms with Gasteiger partial charge in [-0.25, -0.2) is 8.42 Å². The van der Waals surface area contributed by atoms with Gasteiger partial charge in [-0.15, -0.1) is 0 Å². The van der Waals surface area contributed by atoms with E-state index in [0.717, 1.165) is 12.1 Å². The van der Waals surface area contributed by atoms with E-state index in [9.17, 15) is 26.4 Å². The molecule has 0 aliphatic rings. The first-order valence-corrected chi connectivity index (χ1v) is 10.6. The van der Waals surface area contributed by atoms with Gasteiger partial charge in [0.25, 0.3) is 0 Å². The Labute approximate surface area is 177 Å².